The van der Waals surface area contributed by atoms with Crippen LogP contribution in [0.2, 0.25) is 15.1 Å². The van der Waals surface area contributed by atoms with Gasteiger partial charge in [-0.05, 0) is 32.0 Å². The molecule has 0 atom stereocenters. The van der Waals surface area contributed by atoms with Crippen LogP contribution >= 0.6 is 34.8 Å². The SMILES string of the molecule is CN(CC(=O)Nc1cc(Cl)c(Cl)cc1Cl)C1CCCCCC1. The maximum absolute atomic E-state index is 12.2. The summed E-state index contributed by atoms with van der Waals surface area (Å²) >= 11 is 17.9. The van der Waals surface area contributed by atoms with Crippen molar-refractivity contribution >= 4 is 46.4 Å². The van der Waals surface area contributed by atoms with Gasteiger partial charge < -0.3 is 5.32 Å². The molecule has 1 N–H and O–H groups in total. The predicted octanol–water partition coefficient (Wildman–Crippen LogP) is 5.24. The second kappa shape index (κ2) is 8.39. The zero-order valence-corrected chi connectivity index (χ0v) is 14.9. The smallest absolute Gasteiger partial charge is 0.238 e. The Labute approximate surface area is 146 Å². The van der Waals surface area contributed by atoms with Crippen LogP contribution in [0, 0.1) is 0 Å². The Bertz CT molecular complexity index is 528. The molecule has 1 aliphatic rings. The Morgan fingerprint density at radius 2 is 1.68 bits per heavy atom. The van der Waals surface area contributed by atoms with Crippen LogP contribution in [0.1, 0.15) is 38.5 Å². The van der Waals surface area contributed by atoms with Crippen molar-refractivity contribution in [2.75, 3.05) is 18.9 Å². The van der Waals surface area contributed by atoms with Crippen molar-refractivity contribution in [1.82, 2.24) is 4.90 Å². The molecule has 1 amide bonds. The quantitative estimate of drug-likeness (QED) is 0.586. The molecule has 1 fully saturated rings. The zero-order valence-electron chi connectivity index (χ0n) is 12.7. The number of benzene rings is 1. The van der Waals surface area contributed by atoms with E-state index in [1.54, 1.807) is 6.07 Å². The van der Waals surface area contributed by atoms with Crippen LogP contribution in [0.15, 0.2) is 12.1 Å². The number of carbonyl (C=O) groups excluding carboxylic acids is 1. The van der Waals surface area contributed by atoms with Crippen molar-refractivity contribution in [2.24, 2.45) is 0 Å². The highest BCUT2D eigenvalue weighted by Crippen LogP contribution is 2.32. The summed E-state index contributed by atoms with van der Waals surface area (Å²) in [4.78, 5) is 14.3. The molecule has 1 aromatic carbocycles. The molecule has 0 radical (unpaired) electrons. The third-order valence-corrected chi connectivity index (χ3v) is 5.16. The molecule has 1 aliphatic carbocycles. The fourth-order valence-corrected chi connectivity index (χ4v) is 3.46. The van der Waals surface area contributed by atoms with Gasteiger partial charge in [0.1, 0.15) is 0 Å². The van der Waals surface area contributed by atoms with E-state index in [2.05, 4.69) is 10.2 Å². The number of nitrogens with zero attached hydrogens (tertiary/aromatic N) is 1. The van der Waals surface area contributed by atoms with Crippen molar-refractivity contribution in [3.05, 3.63) is 27.2 Å². The Morgan fingerprint density at radius 3 is 2.32 bits per heavy atom. The Kier molecular flexibility index (Phi) is 6.82. The van der Waals surface area contributed by atoms with Crippen molar-refractivity contribution in [3.8, 4) is 0 Å². The van der Waals surface area contributed by atoms with Crippen molar-refractivity contribution in [2.45, 2.75) is 44.6 Å². The molecule has 0 bridgehead atoms. The van der Waals surface area contributed by atoms with E-state index in [-0.39, 0.29) is 5.91 Å². The number of anilines is 1. The fourth-order valence-electron chi connectivity index (χ4n) is 2.86. The average molecular weight is 364 g/mol. The lowest BCUT2D eigenvalue weighted by Gasteiger charge is -2.26. The van der Waals surface area contributed by atoms with E-state index in [4.69, 9.17) is 34.8 Å². The largest absolute Gasteiger partial charge is 0.324 e. The van der Waals surface area contributed by atoms with Gasteiger partial charge in [0.25, 0.3) is 0 Å². The van der Waals surface area contributed by atoms with Gasteiger partial charge in [-0.1, -0.05) is 60.5 Å². The molecule has 122 valence electrons. The first-order valence-electron chi connectivity index (χ1n) is 7.62. The van der Waals surface area contributed by atoms with Crippen LogP contribution in [0.3, 0.4) is 0 Å². The first kappa shape index (κ1) is 17.9. The number of halogens is 3. The summed E-state index contributed by atoms with van der Waals surface area (Å²) in [6, 6.07) is 3.60. The summed E-state index contributed by atoms with van der Waals surface area (Å²) in [7, 11) is 2.01. The van der Waals surface area contributed by atoms with Crippen molar-refractivity contribution in [1.29, 1.82) is 0 Å². The van der Waals surface area contributed by atoms with Crippen LogP contribution < -0.4 is 5.32 Å². The molecule has 0 unspecified atom stereocenters. The Morgan fingerprint density at radius 1 is 1.09 bits per heavy atom. The number of amides is 1. The maximum Gasteiger partial charge on any atom is 0.238 e. The summed E-state index contributed by atoms with van der Waals surface area (Å²) < 4.78 is 0. The summed E-state index contributed by atoms with van der Waals surface area (Å²) in [5, 5.41) is 3.95. The van der Waals surface area contributed by atoms with E-state index in [0.717, 1.165) is 12.8 Å². The molecule has 0 aromatic heterocycles. The lowest BCUT2D eigenvalue weighted by molar-refractivity contribution is -0.117. The molecule has 6 heteroatoms. The average Bonchev–Trinajstić information content (AvgIpc) is 2.73. The molecular formula is C16H21Cl3N2O. The summed E-state index contributed by atoms with van der Waals surface area (Å²) in [6.45, 7) is 0.348. The van der Waals surface area contributed by atoms with Gasteiger partial charge in [0.15, 0.2) is 0 Å². The molecule has 1 saturated carbocycles. The van der Waals surface area contributed by atoms with Gasteiger partial charge in [-0.3, -0.25) is 9.69 Å². The number of nitrogens with one attached hydrogen (secondary N) is 1. The highest BCUT2D eigenvalue weighted by atomic mass is 35.5. The minimum absolute atomic E-state index is 0.0907. The number of hydrogen-bond donors (Lipinski definition) is 1. The highest BCUT2D eigenvalue weighted by Gasteiger charge is 2.19. The van der Waals surface area contributed by atoms with Crippen LogP contribution in [0.5, 0.6) is 0 Å². The second-order valence-corrected chi connectivity index (χ2v) is 7.08. The normalized spacial score (nSPS) is 16.6. The third-order valence-electron chi connectivity index (χ3n) is 4.13. The first-order chi connectivity index (χ1) is 10.5. The Hall–Kier alpha value is -0.480. The minimum atomic E-state index is -0.0907. The maximum atomic E-state index is 12.2. The third kappa shape index (κ3) is 5.02. The van der Waals surface area contributed by atoms with Gasteiger partial charge in [0, 0.05) is 6.04 Å². The lowest BCUT2D eigenvalue weighted by Crippen LogP contribution is -2.37. The van der Waals surface area contributed by atoms with Gasteiger partial charge in [0.05, 0.1) is 27.3 Å². The standard InChI is InChI=1S/C16H21Cl3N2O/c1-21(11-6-4-2-3-5-7-11)10-16(22)20-15-9-13(18)12(17)8-14(15)19/h8-9,11H,2-7,10H2,1H3,(H,20,22). The summed E-state index contributed by atoms with van der Waals surface area (Å²) in [6.07, 6.45) is 7.42. The van der Waals surface area contributed by atoms with Gasteiger partial charge in [0.2, 0.25) is 5.91 Å². The molecule has 0 heterocycles. The van der Waals surface area contributed by atoms with Crippen molar-refractivity contribution < 1.29 is 4.79 Å². The van der Waals surface area contributed by atoms with Crippen LogP contribution in [0.25, 0.3) is 0 Å². The number of likely N-dealkylation sites (N-methyl/N-ethyl adjacent to an activating group) is 1. The molecule has 0 spiro atoms. The Balaban J connectivity index is 1.93. The lowest BCUT2D eigenvalue weighted by atomic mass is 10.1. The van der Waals surface area contributed by atoms with Crippen LogP contribution in [-0.4, -0.2) is 30.4 Å². The van der Waals surface area contributed by atoms with Crippen LogP contribution in [0.4, 0.5) is 5.69 Å². The molecule has 1 aromatic rings. The van der Waals surface area contributed by atoms with E-state index in [0.29, 0.717) is 33.3 Å². The van der Waals surface area contributed by atoms with Crippen molar-refractivity contribution in [3.63, 3.8) is 0 Å². The van der Waals surface area contributed by atoms with Gasteiger partial charge in [-0.15, -0.1) is 0 Å². The zero-order chi connectivity index (χ0) is 16.1. The highest BCUT2D eigenvalue weighted by molar-refractivity contribution is 6.44. The predicted molar refractivity (Wildman–Crippen MR) is 94.2 cm³/mol. The van der Waals surface area contributed by atoms with E-state index in [1.165, 1.54) is 31.7 Å². The molecular weight excluding hydrogens is 343 g/mol. The fraction of sp³-hybridized carbons (Fsp3) is 0.562. The monoisotopic (exact) mass is 362 g/mol. The van der Waals surface area contributed by atoms with Gasteiger partial charge in [-0.2, -0.15) is 0 Å². The molecule has 22 heavy (non-hydrogen) atoms. The van der Waals surface area contributed by atoms with E-state index >= 15 is 0 Å². The number of rotatable bonds is 4. The summed E-state index contributed by atoms with van der Waals surface area (Å²) in [5.74, 6) is -0.0907. The van der Waals surface area contributed by atoms with E-state index < -0.39 is 0 Å². The number of hydrogen-bond acceptors (Lipinski definition) is 2. The van der Waals surface area contributed by atoms with Gasteiger partial charge >= 0.3 is 0 Å². The minimum Gasteiger partial charge on any atom is -0.324 e. The van der Waals surface area contributed by atoms with E-state index in [1.807, 2.05) is 7.05 Å². The topological polar surface area (TPSA) is 32.3 Å². The molecule has 2 rings (SSSR count). The molecule has 0 aliphatic heterocycles. The molecule has 0 saturated heterocycles. The number of carbonyl (C=O) groups is 1. The van der Waals surface area contributed by atoms with Gasteiger partial charge in [-0.25, -0.2) is 0 Å². The van der Waals surface area contributed by atoms with Crippen LogP contribution in [-0.2, 0) is 4.79 Å². The second-order valence-electron chi connectivity index (χ2n) is 5.85. The first-order valence-corrected chi connectivity index (χ1v) is 8.75. The molecule has 3 nitrogen and oxygen atoms in total. The van der Waals surface area contributed by atoms with E-state index in [9.17, 15) is 4.79 Å². The summed E-state index contributed by atoms with van der Waals surface area (Å²) in [5.41, 5.74) is 0.496.